The maximum absolute atomic E-state index is 9.72. The maximum atomic E-state index is 9.72. The predicted octanol–water partition coefficient (Wildman–Crippen LogP) is 1.30. The molecule has 3 atom stereocenters. The van der Waals surface area contributed by atoms with Gasteiger partial charge in [-0.15, -0.1) is 0 Å². The zero-order chi connectivity index (χ0) is 14.6. The van der Waals surface area contributed by atoms with Gasteiger partial charge < -0.3 is 10.4 Å². The Morgan fingerprint density at radius 2 is 2.00 bits per heavy atom. The van der Waals surface area contributed by atoms with Crippen LogP contribution in [-0.4, -0.2) is 72.4 Å². The standard InChI is InChI=1S/C16H33N3O/c1-4-14(2)18-8-10-19(11-9-18)15-6-5-7-16(12-15,13-20)17-3/h14-15,17,20H,4-13H2,1-3H3. The summed E-state index contributed by atoms with van der Waals surface area (Å²) >= 11 is 0. The van der Waals surface area contributed by atoms with Gasteiger partial charge in [-0.3, -0.25) is 9.80 Å². The first kappa shape index (κ1) is 16.2. The number of aliphatic hydroxyl groups is 1. The molecular formula is C16H33N3O. The van der Waals surface area contributed by atoms with Crippen molar-refractivity contribution >= 4 is 0 Å². The second-order valence-electron chi connectivity index (χ2n) is 6.77. The van der Waals surface area contributed by atoms with Gasteiger partial charge in [-0.05, 0) is 46.1 Å². The van der Waals surface area contributed by atoms with Gasteiger partial charge in [-0.1, -0.05) is 6.92 Å². The quantitative estimate of drug-likeness (QED) is 0.798. The van der Waals surface area contributed by atoms with E-state index in [0.29, 0.717) is 6.04 Å². The predicted molar refractivity (Wildman–Crippen MR) is 84.0 cm³/mol. The molecule has 2 N–H and O–H groups in total. The molecule has 1 heterocycles. The van der Waals surface area contributed by atoms with Gasteiger partial charge in [-0.2, -0.15) is 0 Å². The Hall–Kier alpha value is -0.160. The zero-order valence-electron chi connectivity index (χ0n) is 13.6. The first-order valence-electron chi connectivity index (χ1n) is 8.42. The van der Waals surface area contributed by atoms with Gasteiger partial charge in [0.2, 0.25) is 0 Å². The molecule has 0 aromatic heterocycles. The van der Waals surface area contributed by atoms with E-state index in [4.69, 9.17) is 0 Å². The molecule has 0 radical (unpaired) electrons. The van der Waals surface area contributed by atoms with Gasteiger partial charge in [0.25, 0.3) is 0 Å². The van der Waals surface area contributed by atoms with Crippen molar-refractivity contribution in [1.82, 2.24) is 15.1 Å². The lowest BCUT2D eigenvalue weighted by Crippen LogP contribution is -2.58. The molecule has 0 aromatic carbocycles. The van der Waals surface area contributed by atoms with Gasteiger partial charge in [0, 0.05) is 43.8 Å². The topological polar surface area (TPSA) is 38.7 Å². The molecule has 118 valence electrons. The number of nitrogens with one attached hydrogen (secondary N) is 1. The molecule has 0 bridgehead atoms. The largest absolute Gasteiger partial charge is 0.394 e. The molecular weight excluding hydrogens is 250 g/mol. The molecule has 3 unspecified atom stereocenters. The zero-order valence-corrected chi connectivity index (χ0v) is 13.6. The molecule has 0 aromatic rings. The number of hydrogen-bond acceptors (Lipinski definition) is 4. The van der Waals surface area contributed by atoms with Crippen molar-refractivity contribution in [2.45, 2.75) is 63.6 Å². The van der Waals surface area contributed by atoms with E-state index in [1.54, 1.807) is 0 Å². The van der Waals surface area contributed by atoms with E-state index in [1.807, 2.05) is 7.05 Å². The number of hydrogen-bond donors (Lipinski definition) is 2. The van der Waals surface area contributed by atoms with E-state index >= 15 is 0 Å². The summed E-state index contributed by atoms with van der Waals surface area (Å²) in [6.07, 6.45) is 5.99. The molecule has 1 aliphatic carbocycles. The van der Waals surface area contributed by atoms with Crippen molar-refractivity contribution in [3.63, 3.8) is 0 Å². The van der Waals surface area contributed by atoms with Crippen molar-refractivity contribution < 1.29 is 5.11 Å². The van der Waals surface area contributed by atoms with Gasteiger partial charge in [0.15, 0.2) is 0 Å². The highest BCUT2D eigenvalue weighted by Crippen LogP contribution is 2.31. The highest BCUT2D eigenvalue weighted by Gasteiger charge is 2.37. The maximum Gasteiger partial charge on any atom is 0.0613 e. The van der Waals surface area contributed by atoms with E-state index in [0.717, 1.165) is 18.9 Å². The van der Waals surface area contributed by atoms with Crippen LogP contribution < -0.4 is 5.32 Å². The lowest BCUT2D eigenvalue weighted by atomic mass is 9.79. The second kappa shape index (κ2) is 7.21. The molecule has 4 nitrogen and oxygen atoms in total. The minimum Gasteiger partial charge on any atom is -0.394 e. The van der Waals surface area contributed by atoms with Crippen LogP contribution in [0, 0.1) is 0 Å². The molecule has 2 rings (SSSR count). The lowest BCUT2D eigenvalue weighted by molar-refractivity contribution is 0.0260. The highest BCUT2D eigenvalue weighted by atomic mass is 16.3. The van der Waals surface area contributed by atoms with Crippen LogP contribution >= 0.6 is 0 Å². The summed E-state index contributed by atoms with van der Waals surface area (Å²) in [5.41, 5.74) is -0.0310. The van der Waals surface area contributed by atoms with Crippen LogP contribution in [0.25, 0.3) is 0 Å². The lowest BCUT2D eigenvalue weighted by Gasteiger charge is -2.47. The summed E-state index contributed by atoms with van der Waals surface area (Å²) in [6.45, 7) is 9.69. The monoisotopic (exact) mass is 283 g/mol. The summed E-state index contributed by atoms with van der Waals surface area (Å²) in [7, 11) is 2.00. The smallest absolute Gasteiger partial charge is 0.0613 e. The van der Waals surface area contributed by atoms with Crippen LogP contribution in [0.3, 0.4) is 0 Å². The van der Waals surface area contributed by atoms with Crippen LogP contribution in [0.1, 0.15) is 46.0 Å². The van der Waals surface area contributed by atoms with Crippen molar-refractivity contribution in [3.05, 3.63) is 0 Å². The molecule has 2 fully saturated rings. The Labute approximate surface area is 124 Å². The summed E-state index contributed by atoms with van der Waals surface area (Å²) in [5, 5.41) is 13.1. The number of nitrogens with zero attached hydrogens (tertiary/aromatic N) is 2. The normalized spacial score (nSPS) is 35.1. The molecule has 1 saturated carbocycles. The third-order valence-electron chi connectivity index (χ3n) is 5.73. The minimum absolute atomic E-state index is 0.0310. The van der Waals surface area contributed by atoms with Crippen LogP contribution in [0.5, 0.6) is 0 Å². The number of rotatable bonds is 5. The number of aliphatic hydroxyl groups excluding tert-OH is 1. The van der Waals surface area contributed by atoms with Crippen molar-refractivity contribution in [3.8, 4) is 0 Å². The van der Waals surface area contributed by atoms with Gasteiger partial charge in [0.05, 0.1) is 6.61 Å². The fourth-order valence-electron chi connectivity index (χ4n) is 3.89. The third-order valence-corrected chi connectivity index (χ3v) is 5.73. The van der Waals surface area contributed by atoms with Crippen molar-refractivity contribution in [2.75, 3.05) is 39.8 Å². The molecule has 20 heavy (non-hydrogen) atoms. The number of likely N-dealkylation sites (N-methyl/N-ethyl adjacent to an activating group) is 1. The first-order valence-corrected chi connectivity index (χ1v) is 8.42. The van der Waals surface area contributed by atoms with Gasteiger partial charge in [-0.25, -0.2) is 0 Å². The Balaban J connectivity index is 1.87. The van der Waals surface area contributed by atoms with E-state index in [2.05, 4.69) is 29.0 Å². The Bertz CT molecular complexity index is 285. The Morgan fingerprint density at radius 1 is 1.30 bits per heavy atom. The summed E-state index contributed by atoms with van der Waals surface area (Å²) < 4.78 is 0. The van der Waals surface area contributed by atoms with E-state index in [9.17, 15) is 5.11 Å². The van der Waals surface area contributed by atoms with Crippen molar-refractivity contribution in [1.29, 1.82) is 0 Å². The van der Waals surface area contributed by atoms with Crippen LogP contribution in [0.4, 0.5) is 0 Å². The first-order chi connectivity index (χ1) is 9.64. The average molecular weight is 283 g/mol. The van der Waals surface area contributed by atoms with E-state index < -0.39 is 0 Å². The van der Waals surface area contributed by atoms with Crippen LogP contribution in [0.15, 0.2) is 0 Å². The van der Waals surface area contributed by atoms with Crippen LogP contribution in [-0.2, 0) is 0 Å². The Kier molecular flexibility index (Phi) is 5.84. The minimum atomic E-state index is -0.0310. The van der Waals surface area contributed by atoms with E-state index in [1.165, 1.54) is 45.4 Å². The SMILES string of the molecule is CCC(C)N1CCN(C2CCCC(CO)(NC)C2)CC1. The molecule has 0 spiro atoms. The molecule has 1 aliphatic heterocycles. The summed E-state index contributed by atoms with van der Waals surface area (Å²) in [5.74, 6) is 0. The molecule has 1 saturated heterocycles. The summed E-state index contributed by atoms with van der Waals surface area (Å²) in [6, 6.07) is 1.37. The molecule has 4 heteroatoms. The van der Waals surface area contributed by atoms with Crippen molar-refractivity contribution in [2.24, 2.45) is 0 Å². The molecule has 0 amide bonds. The fraction of sp³-hybridized carbons (Fsp3) is 1.00. The molecule has 2 aliphatic rings. The van der Waals surface area contributed by atoms with Gasteiger partial charge in [0.1, 0.15) is 0 Å². The average Bonchev–Trinajstić information content (AvgIpc) is 2.54. The van der Waals surface area contributed by atoms with Crippen LogP contribution in [0.2, 0.25) is 0 Å². The van der Waals surface area contributed by atoms with E-state index in [-0.39, 0.29) is 12.1 Å². The number of piperazine rings is 1. The fourth-order valence-corrected chi connectivity index (χ4v) is 3.89. The van der Waals surface area contributed by atoms with Gasteiger partial charge >= 0.3 is 0 Å². The second-order valence-corrected chi connectivity index (χ2v) is 6.77. The summed E-state index contributed by atoms with van der Waals surface area (Å²) in [4.78, 5) is 5.29. The third kappa shape index (κ3) is 3.53. The Morgan fingerprint density at radius 3 is 2.55 bits per heavy atom. The highest BCUT2D eigenvalue weighted by molar-refractivity contribution is 4.96.